The Hall–Kier alpha value is -3.28. The van der Waals surface area contributed by atoms with E-state index in [2.05, 4.69) is 10.4 Å². The predicted molar refractivity (Wildman–Crippen MR) is 103 cm³/mol. The molecule has 0 saturated heterocycles. The Kier molecular flexibility index (Phi) is 4.11. The number of hydrogen-bond acceptors (Lipinski definition) is 4. The van der Waals surface area contributed by atoms with E-state index in [1.807, 2.05) is 38.1 Å². The third-order valence-electron chi connectivity index (χ3n) is 4.99. The Bertz CT molecular complexity index is 1020. The monoisotopic (exact) mass is 363 g/mol. The molecule has 2 aromatic carbocycles. The number of nitrogens with zero attached hydrogens (tertiary/aromatic N) is 2. The van der Waals surface area contributed by atoms with Gasteiger partial charge in [0.2, 0.25) is 5.91 Å². The van der Waals surface area contributed by atoms with E-state index in [1.54, 1.807) is 30.0 Å². The number of methoxy groups -OCH3 is 1. The van der Waals surface area contributed by atoms with Gasteiger partial charge in [0.05, 0.1) is 18.5 Å². The third-order valence-corrected chi connectivity index (χ3v) is 4.99. The molecule has 4 rings (SSSR count). The van der Waals surface area contributed by atoms with Crippen LogP contribution in [0.1, 0.15) is 34.7 Å². The normalized spacial score (nSPS) is 16.0. The van der Waals surface area contributed by atoms with Crippen molar-refractivity contribution in [3.8, 4) is 17.2 Å². The minimum atomic E-state index is -0.289. The summed E-state index contributed by atoms with van der Waals surface area (Å²) in [4.78, 5) is 12.5. The van der Waals surface area contributed by atoms with Gasteiger partial charge in [-0.1, -0.05) is 17.7 Å². The number of aromatic hydroxyl groups is 1. The first-order valence-electron chi connectivity index (χ1n) is 8.81. The average molecular weight is 363 g/mol. The lowest BCUT2D eigenvalue weighted by Crippen LogP contribution is -2.25. The van der Waals surface area contributed by atoms with Gasteiger partial charge in [-0.05, 0) is 44.2 Å². The van der Waals surface area contributed by atoms with E-state index in [0.29, 0.717) is 17.1 Å². The minimum absolute atomic E-state index is 0.108. The SMILES string of the molecule is COc1ccc(O)c([C@@H]2CC(=O)Nc3c2c(C)nn3-c2ccc(C)cc2)c1. The van der Waals surface area contributed by atoms with Crippen LogP contribution in [0, 0.1) is 13.8 Å². The number of ether oxygens (including phenoxy) is 1. The second kappa shape index (κ2) is 6.46. The number of aryl methyl sites for hydroxylation is 2. The van der Waals surface area contributed by atoms with Crippen LogP contribution in [-0.2, 0) is 4.79 Å². The fraction of sp³-hybridized carbons (Fsp3) is 0.238. The van der Waals surface area contributed by atoms with Crippen molar-refractivity contribution in [2.75, 3.05) is 12.4 Å². The van der Waals surface area contributed by atoms with Gasteiger partial charge in [0.25, 0.3) is 0 Å². The minimum Gasteiger partial charge on any atom is -0.508 e. The fourth-order valence-electron chi connectivity index (χ4n) is 3.62. The van der Waals surface area contributed by atoms with Gasteiger partial charge in [0.15, 0.2) is 0 Å². The summed E-state index contributed by atoms with van der Waals surface area (Å²) in [5, 5.41) is 18.0. The van der Waals surface area contributed by atoms with Gasteiger partial charge in [-0.3, -0.25) is 4.79 Å². The van der Waals surface area contributed by atoms with E-state index in [9.17, 15) is 9.90 Å². The van der Waals surface area contributed by atoms with Gasteiger partial charge < -0.3 is 15.2 Å². The first kappa shape index (κ1) is 17.1. The number of carbonyl (C=O) groups excluding carboxylic acids is 1. The van der Waals surface area contributed by atoms with Gasteiger partial charge in [-0.15, -0.1) is 0 Å². The van der Waals surface area contributed by atoms with E-state index in [1.165, 1.54) is 0 Å². The largest absolute Gasteiger partial charge is 0.508 e. The van der Waals surface area contributed by atoms with Crippen LogP contribution in [0.5, 0.6) is 11.5 Å². The van der Waals surface area contributed by atoms with E-state index in [-0.39, 0.29) is 24.0 Å². The van der Waals surface area contributed by atoms with E-state index < -0.39 is 0 Å². The molecule has 0 fully saturated rings. The third kappa shape index (κ3) is 2.93. The summed E-state index contributed by atoms with van der Waals surface area (Å²) in [6.45, 7) is 3.95. The molecular weight excluding hydrogens is 342 g/mol. The molecule has 6 nitrogen and oxygen atoms in total. The highest BCUT2D eigenvalue weighted by Crippen LogP contribution is 2.43. The highest BCUT2D eigenvalue weighted by atomic mass is 16.5. The summed E-state index contributed by atoms with van der Waals surface area (Å²) >= 11 is 0. The summed E-state index contributed by atoms with van der Waals surface area (Å²) in [6, 6.07) is 13.0. The van der Waals surface area contributed by atoms with Crippen LogP contribution >= 0.6 is 0 Å². The number of anilines is 1. The van der Waals surface area contributed by atoms with Crippen LogP contribution in [0.4, 0.5) is 5.82 Å². The Balaban J connectivity index is 1.88. The van der Waals surface area contributed by atoms with Crippen molar-refractivity contribution in [2.24, 2.45) is 0 Å². The zero-order valence-corrected chi connectivity index (χ0v) is 15.5. The Morgan fingerprint density at radius 2 is 1.93 bits per heavy atom. The molecule has 0 aliphatic carbocycles. The highest BCUT2D eigenvalue weighted by Gasteiger charge is 2.34. The number of phenolic OH excluding ortho intramolecular Hbond substituents is 1. The maximum atomic E-state index is 12.5. The number of benzene rings is 2. The first-order chi connectivity index (χ1) is 13.0. The molecule has 0 spiro atoms. The zero-order chi connectivity index (χ0) is 19.1. The molecule has 1 aliphatic rings. The van der Waals surface area contributed by atoms with Gasteiger partial charge in [0.1, 0.15) is 17.3 Å². The number of hydrogen-bond donors (Lipinski definition) is 2. The lowest BCUT2D eigenvalue weighted by atomic mass is 9.85. The number of phenols is 1. The summed E-state index contributed by atoms with van der Waals surface area (Å²) in [5.41, 5.74) is 4.43. The summed E-state index contributed by atoms with van der Waals surface area (Å²) in [6.07, 6.45) is 0.244. The van der Waals surface area contributed by atoms with Crippen LogP contribution in [-0.4, -0.2) is 27.9 Å². The zero-order valence-electron chi connectivity index (χ0n) is 15.5. The molecule has 138 valence electrons. The highest BCUT2D eigenvalue weighted by molar-refractivity contribution is 5.95. The molecule has 2 heterocycles. The van der Waals surface area contributed by atoms with Crippen LogP contribution < -0.4 is 10.1 Å². The van der Waals surface area contributed by atoms with Crippen molar-refractivity contribution in [2.45, 2.75) is 26.2 Å². The number of rotatable bonds is 3. The number of amides is 1. The summed E-state index contributed by atoms with van der Waals surface area (Å²) in [7, 11) is 1.58. The maximum Gasteiger partial charge on any atom is 0.226 e. The van der Waals surface area contributed by atoms with Crippen molar-refractivity contribution in [3.63, 3.8) is 0 Å². The molecular formula is C21H21N3O3. The molecule has 1 amide bonds. The predicted octanol–water partition coefficient (Wildman–Crippen LogP) is 3.68. The fourth-order valence-corrected chi connectivity index (χ4v) is 3.62. The summed E-state index contributed by atoms with van der Waals surface area (Å²) in [5.74, 6) is 1.04. The molecule has 2 N–H and O–H groups in total. The van der Waals surface area contributed by atoms with Crippen LogP contribution in [0.2, 0.25) is 0 Å². The smallest absolute Gasteiger partial charge is 0.226 e. The number of fused-ring (bicyclic) bond motifs is 1. The molecule has 1 aliphatic heterocycles. The van der Waals surface area contributed by atoms with Crippen molar-refractivity contribution >= 4 is 11.7 Å². The Labute approximate surface area is 157 Å². The molecule has 0 radical (unpaired) electrons. The molecule has 0 bridgehead atoms. The van der Waals surface area contributed by atoms with Gasteiger partial charge in [0, 0.05) is 23.5 Å². The van der Waals surface area contributed by atoms with Crippen LogP contribution in [0.3, 0.4) is 0 Å². The number of carbonyl (C=O) groups is 1. The molecule has 3 aromatic rings. The number of nitrogens with one attached hydrogen (secondary N) is 1. The second-order valence-electron chi connectivity index (χ2n) is 6.82. The standard InChI is InChI=1S/C21H21N3O3/c1-12-4-6-14(7-5-12)24-21-20(13(2)23-24)17(11-19(26)22-21)16-10-15(27-3)8-9-18(16)25/h4-10,17,25H,11H2,1-3H3,(H,22,26)/t17-/m0/s1. The quantitative estimate of drug-likeness (QED) is 0.744. The average Bonchev–Trinajstić information content (AvgIpc) is 2.98. The molecule has 1 aromatic heterocycles. The molecule has 1 atom stereocenters. The molecule has 0 unspecified atom stereocenters. The van der Waals surface area contributed by atoms with E-state index in [0.717, 1.165) is 22.5 Å². The molecule has 0 saturated carbocycles. The second-order valence-corrected chi connectivity index (χ2v) is 6.82. The molecule has 27 heavy (non-hydrogen) atoms. The van der Waals surface area contributed by atoms with Crippen molar-refractivity contribution in [1.29, 1.82) is 0 Å². The summed E-state index contributed by atoms with van der Waals surface area (Å²) < 4.78 is 7.05. The van der Waals surface area contributed by atoms with Crippen molar-refractivity contribution in [1.82, 2.24) is 9.78 Å². The van der Waals surface area contributed by atoms with Crippen LogP contribution in [0.15, 0.2) is 42.5 Å². The van der Waals surface area contributed by atoms with E-state index >= 15 is 0 Å². The topological polar surface area (TPSA) is 76.4 Å². The molecule has 6 heteroatoms. The lowest BCUT2D eigenvalue weighted by molar-refractivity contribution is -0.116. The van der Waals surface area contributed by atoms with Crippen LogP contribution in [0.25, 0.3) is 5.69 Å². The first-order valence-corrected chi connectivity index (χ1v) is 8.81. The van der Waals surface area contributed by atoms with Gasteiger partial charge >= 0.3 is 0 Å². The number of aromatic nitrogens is 2. The maximum absolute atomic E-state index is 12.5. The van der Waals surface area contributed by atoms with Crippen molar-refractivity contribution < 1.29 is 14.6 Å². The van der Waals surface area contributed by atoms with Gasteiger partial charge in [-0.25, -0.2) is 4.68 Å². The Morgan fingerprint density at radius 1 is 1.19 bits per heavy atom. The lowest BCUT2D eigenvalue weighted by Gasteiger charge is -2.25. The Morgan fingerprint density at radius 3 is 2.63 bits per heavy atom. The van der Waals surface area contributed by atoms with E-state index in [4.69, 9.17) is 4.74 Å². The van der Waals surface area contributed by atoms with Gasteiger partial charge in [-0.2, -0.15) is 5.10 Å². The van der Waals surface area contributed by atoms with Crippen molar-refractivity contribution in [3.05, 3.63) is 64.8 Å².